The van der Waals surface area contributed by atoms with E-state index in [9.17, 15) is 19.1 Å². The second kappa shape index (κ2) is 8.10. The van der Waals surface area contributed by atoms with Crippen molar-refractivity contribution in [2.75, 3.05) is 18.4 Å². The number of halogens is 1. The van der Waals surface area contributed by atoms with E-state index < -0.39 is 5.82 Å². The second-order valence-corrected chi connectivity index (χ2v) is 6.45. The summed E-state index contributed by atoms with van der Waals surface area (Å²) in [6, 6.07) is 12.5. The molecule has 0 aliphatic carbocycles. The monoisotopic (exact) mass is 356 g/mol. The fourth-order valence-electron chi connectivity index (χ4n) is 2.94. The van der Waals surface area contributed by atoms with Crippen molar-refractivity contribution in [3.8, 4) is 0 Å². The fraction of sp³-hybridized carbons (Fsp3) is 0.300. The Labute approximate surface area is 151 Å². The molecule has 0 atom stereocenters. The molecule has 5 nitrogen and oxygen atoms in total. The van der Waals surface area contributed by atoms with Crippen LogP contribution in [0.15, 0.2) is 48.5 Å². The Morgan fingerprint density at radius 3 is 2.46 bits per heavy atom. The topological polar surface area (TPSA) is 69.6 Å². The Kier molecular flexibility index (Phi) is 5.63. The SMILES string of the molecule is O=C(Nc1ccc(CC(=O)N2CCC(O)CC2)cc1)c1cccc(F)c1. The summed E-state index contributed by atoms with van der Waals surface area (Å²) in [6.07, 6.45) is 1.22. The molecule has 136 valence electrons. The summed E-state index contributed by atoms with van der Waals surface area (Å²) in [6.45, 7) is 1.17. The number of carbonyl (C=O) groups excluding carboxylic acids is 2. The van der Waals surface area contributed by atoms with E-state index in [1.165, 1.54) is 18.2 Å². The number of likely N-dealkylation sites (tertiary alicyclic amines) is 1. The molecule has 0 spiro atoms. The molecule has 0 bridgehead atoms. The van der Waals surface area contributed by atoms with Gasteiger partial charge in [0.05, 0.1) is 12.5 Å². The second-order valence-electron chi connectivity index (χ2n) is 6.45. The van der Waals surface area contributed by atoms with Crippen molar-refractivity contribution in [1.29, 1.82) is 0 Å². The number of nitrogens with zero attached hydrogens (tertiary/aromatic N) is 1. The van der Waals surface area contributed by atoms with Gasteiger partial charge in [-0.05, 0) is 48.7 Å². The zero-order valence-electron chi connectivity index (χ0n) is 14.3. The number of piperidine rings is 1. The van der Waals surface area contributed by atoms with E-state index in [4.69, 9.17) is 0 Å². The van der Waals surface area contributed by atoms with Crippen LogP contribution in [0, 0.1) is 5.82 Å². The lowest BCUT2D eigenvalue weighted by molar-refractivity contribution is -0.132. The molecule has 2 amide bonds. The predicted molar refractivity (Wildman–Crippen MR) is 96.3 cm³/mol. The summed E-state index contributed by atoms with van der Waals surface area (Å²) in [5.41, 5.74) is 1.68. The van der Waals surface area contributed by atoms with E-state index in [0.29, 0.717) is 31.6 Å². The van der Waals surface area contributed by atoms with Crippen LogP contribution in [0.1, 0.15) is 28.8 Å². The number of benzene rings is 2. The number of hydrogen-bond acceptors (Lipinski definition) is 3. The molecule has 2 aromatic carbocycles. The van der Waals surface area contributed by atoms with Crippen LogP contribution in [0.3, 0.4) is 0 Å². The Morgan fingerprint density at radius 2 is 1.81 bits per heavy atom. The molecule has 0 unspecified atom stereocenters. The first-order valence-corrected chi connectivity index (χ1v) is 8.63. The van der Waals surface area contributed by atoms with E-state index in [2.05, 4.69) is 5.32 Å². The third-order valence-corrected chi connectivity index (χ3v) is 4.47. The van der Waals surface area contributed by atoms with Crippen LogP contribution in [0.25, 0.3) is 0 Å². The minimum absolute atomic E-state index is 0.0356. The van der Waals surface area contributed by atoms with Crippen LogP contribution in [-0.4, -0.2) is 41.0 Å². The zero-order chi connectivity index (χ0) is 18.5. The largest absolute Gasteiger partial charge is 0.393 e. The summed E-state index contributed by atoms with van der Waals surface area (Å²) in [4.78, 5) is 26.2. The molecular weight excluding hydrogens is 335 g/mol. The van der Waals surface area contributed by atoms with Gasteiger partial charge in [0.25, 0.3) is 5.91 Å². The van der Waals surface area contributed by atoms with Crippen molar-refractivity contribution in [3.63, 3.8) is 0 Å². The first-order chi connectivity index (χ1) is 12.5. The number of amides is 2. The number of aliphatic hydroxyl groups excluding tert-OH is 1. The van der Waals surface area contributed by atoms with Gasteiger partial charge < -0.3 is 15.3 Å². The van der Waals surface area contributed by atoms with Crippen molar-refractivity contribution < 1.29 is 19.1 Å². The van der Waals surface area contributed by atoms with Crippen LogP contribution in [0.2, 0.25) is 0 Å². The molecule has 26 heavy (non-hydrogen) atoms. The summed E-state index contributed by atoms with van der Waals surface area (Å²) in [5.74, 6) is -0.814. The normalized spacial score (nSPS) is 14.9. The van der Waals surface area contributed by atoms with E-state index in [0.717, 1.165) is 5.56 Å². The standard InChI is InChI=1S/C20H21FN2O3/c21-16-3-1-2-15(13-16)20(26)22-17-6-4-14(5-7-17)12-19(25)23-10-8-18(24)9-11-23/h1-7,13,18,24H,8-12H2,(H,22,26). The lowest BCUT2D eigenvalue weighted by Gasteiger charge is -2.29. The van der Waals surface area contributed by atoms with Crippen molar-refractivity contribution >= 4 is 17.5 Å². The van der Waals surface area contributed by atoms with Gasteiger partial charge in [-0.1, -0.05) is 18.2 Å². The van der Waals surface area contributed by atoms with Gasteiger partial charge in [-0.3, -0.25) is 9.59 Å². The van der Waals surface area contributed by atoms with Gasteiger partial charge in [0, 0.05) is 24.3 Å². The van der Waals surface area contributed by atoms with Gasteiger partial charge in [-0.25, -0.2) is 4.39 Å². The average molecular weight is 356 g/mol. The maximum atomic E-state index is 13.2. The highest BCUT2D eigenvalue weighted by Gasteiger charge is 2.21. The third-order valence-electron chi connectivity index (χ3n) is 4.47. The molecule has 3 rings (SSSR count). The highest BCUT2D eigenvalue weighted by Crippen LogP contribution is 2.15. The van der Waals surface area contributed by atoms with Crippen molar-refractivity contribution in [1.82, 2.24) is 4.90 Å². The molecule has 1 aliphatic heterocycles. The molecule has 0 radical (unpaired) electrons. The Morgan fingerprint density at radius 1 is 1.12 bits per heavy atom. The number of aliphatic hydroxyl groups is 1. The van der Waals surface area contributed by atoms with Crippen LogP contribution in [0.4, 0.5) is 10.1 Å². The quantitative estimate of drug-likeness (QED) is 0.885. The van der Waals surface area contributed by atoms with Crippen LogP contribution in [-0.2, 0) is 11.2 Å². The van der Waals surface area contributed by atoms with Crippen molar-refractivity contribution in [3.05, 3.63) is 65.5 Å². The highest BCUT2D eigenvalue weighted by molar-refractivity contribution is 6.04. The summed E-state index contributed by atoms with van der Waals surface area (Å²) in [7, 11) is 0. The molecule has 0 aromatic heterocycles. The van der Waals surface area contributed by atoms with Crippen molar-refractivity contribution in [2.45, 2.75) is 25.4 Å². The number of hydrogen-bond donors (Lipinski definition) is 2. The number of nitrogens with one attached hydrogen (secondary N) is 1. The van der Waals surface area contributed by atoms with Crippen LogP contribution >= 0.6 is 0 Å². The molecule has 1 fully saturated rings. The van der Waals surface area contributed by atoms with Gasteiger partial charge in [0.15, 0.2) is 0 Å². The van der Waals surface area contributed by atoms with E-state index >= 15 is 0 Å². The maximum Gasteiger partial charge on any atom is 0.255 e. The first kappa shape index (κ1) is 18.1. The molecule has 1 saturated heterocycles. The van der Waals surface area contributed by atoms with Crippen LogP contribution in [0.5, 0.6) is 0 Å². The summed E-state index contributed by atoms with van der Waals surface area (Å²) >= 11 is 0. The smallest absolute Gasteiger partial charge is 0.255 e. The fourth-order valence-corrected chi connectivity index (χ4v) is 2.94. The minimum Gasteiger partial charge on any atom is -0.393 e. The van der Waals surface area contributed by atoms with Gasteiger partial charge in [0.1, 0.15) is 5.82 Å². The van der Waals surface area contributed by atoms with Gasteiger partial charge in [0.2, 0.25) is 5.91 Å². The molecule has 1 aliphatic rings. The van der Waals surface area contributed by atoms with Gasteiger partial charge in [-0.15, -0.1) is 0 Å². The highest BCUT2D eigenvalue weighted by atomic mass is 19.1. The predicted octanol–water partition coefficient (Wildman–Crippen LogP) is 2.60. The first-order valence-electron chi connectivity index (χ1n) is 8.63. The van der Waals surface area contributed by atoms with Gasteiger partial charge >= 0.3 is 0 Å². The molecule has 1 heterocycles. The Bertz CT molecular complexity index is 784. The molecule has 0 saturated carbocycles. The van der Waals surface area contributed by atoms with E-state index in [-0.39, 0.29) is 29.9 Å². The molecule has 2 aromatic rings. The molecule has 6 heteroatoms. The lowest BCUT2D eigenvalue weighted by Crippen LogP contribution is -2.40. The average Bonchev–Trinajstić information content (AvgIpc) is 2.64. The number of rotatable bonds is 4. The number of carbonyl (C=O) groups is 2. The van der Waals surface area contributed by atoms with Crippen LogP contribution < -0.4 is 5.32 Å². The lowest BCUT2D eigenvalue weighted by atomic mass is 10.1. The van der Waals surface area contributed by atoms with Crippen molar-refractivity contribution in [2.24, 2.45) is 0 Å². The third kappa shape index (κ3) is 4.67. The Balaban J connectivity index is 1.56. The molecular formula is C20H21FN2O3. The summed E-state index contributed by atoms with van der Waals surface area (Å²) < 4.78 is 13.2. The minimum atomic E-state index is -0.461. The van der Waals surface area contributed by atoms with E-state index in [1.54, 1.807) is 35.2 Å². The van der Waals surface area contributed by atoms with Gasteiger partial charge in [-0.2, -0.15) is 0 Å². The zero-order valence-corrected chi connectivity index (χ0v) is 14.3. The molecule has 2 N–H and O–H groups in total. The number of anilines is 1. The summed E-state index contributed by atoms with van der Waals surface area (Å²) in [5, 5.41) is 12.2. The maximum absolute atomic E-state index is 13.2. The van der Waals surface area contributed by atoms with E-state index in [1.807, 2.05) is 0 Å². The Hall–Kier alpha value is -2.73.